The van der Waals surface area contributed by atoms with Crippen molar-refractivity contribution < 1.29 is 9.21 Å². The van der Waals surface area contributed by atoms with E-state index in [4.69, 9.17) is 4.42 Å². The molecule has 1 fully saturated rings. The Hall–Kier alpha value is -0.620. The molecule has 16 heavy (non-hydrogen) atoms. The third kappa shape index (κ3) is 2.74. The first-order valence-electron chi connectivity index (χ1n) is 6.12. The largest absolute Gasteiger partial charge is 0.453 e. The normalized spacial score (nSPS) is 15.7. The minimum atomic E-state index is -0.179. The van der Waals surface area contributed by atoms with Gasteiger partial charge < -0.3 is 4.42 Å². The lowest BCUT2D eigenvalue weighted by atomic mass is 10.2. The minimum Gasteiger partial charge on any atom is -0.453 e. The number of ketones is 1. The average Bonchev–Trinajstić information content (AvgIpc) is 2.96. The summed E-state index contributed by atoms with van der Waals surface area (Å²) in [5.74, 6) is 1.41. The Balaban J connectivity index is 2.02. The van der Waals surface area contributed by atoms with Crippen molar-refractivity contribution >= 4 is 19.2 Å². The number of carbonyl (C=O) groups excluding carboxylic acids is 1. The van der Waals surface area contributed by atoms with Gasteiger partial charge in [-0.25, -0.2) is 0 Å². The van der Waals surface area contributed by atoms with Crippen LogP contribution in [0.2, 0.25) is 0 Å². The molecule has 2 rings (SSSR count). The summed E-state index contributed by atoms with van der Waals surface area (Å²) in [5, 5.41) is 0. The number of hydrogen-bond donors (Lipinski definition) is 0. The Kier molecular flexibility index (Phi) is 3.81. The maximum atomic E-state index is 11.8. The van der Waals surface area contributed by atoms with Crippen LogP contribution in [0.1, 0.15) is 43.7 Å². The van der Waals surface area contributed by atoms with Crippen molar-refractivity contribution in [3.8, 4) is 0 Å². The van der Waals surface area contributed by atoms with Crippen LogP contribution in [-0.4, -0.2) is 18.1 Å². The van der Waals surface area contributed by atoms with Crippen molar-refractivity contribution in [3.05, 3.63) is 17.9 Å². The van der Waals surface area contributed by atoms with E-state index in [9.17, 15) is 4.79 Å². The lowest BCUT2D eigenvalue weighted by Gasteiger charge is -2.08. The predicted octanol–water partition coefficient (Wildman–Crippen LogP) is 3.41. The van der Waals surface area contributed by atoms with Gasteiger partial charge in [0.05, 0.1) is 0 Å². The van der Waals surface area contributed by atoms with Gasteiger partial charge >= 0.3 is 0 Å². The molecule has 0 aliphatic heterocycles. The van der Waals surface area contributed by atoms with Crippen molar-refractivity contribution in [2.45, 2.75) is 33.1 Å². The molecule has 1 saturated carbocycles. The van der Waals surface area contributed by atoms with Crippen molar-refractivity contribution in [3.63, 3.8) is 0 Å². The third-order valence-corrected chi connectivity index (χ3v) is 5.50. The number of hydrogen-bond acceptors (Lipinski definition) is 2. The molecule has 1 aromatic heterocycles. The summed E-state index contributed by atoms with van der Waals surface area (Å²) in [7, 11) is -0.179. The maximum absolute atomic E-state index is 11.8. The molecule has 1 aliphatic rings. The Bertz CT molecular complexity index is 362. The summed E-state index contributed by atoms with van der Waals surface area (Å²) in [5.41, 5.74) is 1.04. The van der Waals surface area contributed by atoms with Gasteiger partial charge in [0.1, 0.15) is 5.50 Å². The van der Waals surface area contributed by atoms with Gasteiger partial charge in [0.2, 0.25) is 0 Å². The van der Waals surface area contributed by atoms with E-state index < -0.39 is 0 Å². The summed E-state index contributed by atoms with van der Waals surface area (Å²) < 4.78 is 5.70. The van der Waals surface area contributed by atoms with Crippen molar-refractivity contribution in [2.24, 2.45) is 5.92 Å². The SMILES string of the molecule is CCP(CC)c1ccc(C(=O)CC2CC2)o1. The molecule has 3 heteroatoms. The van der Waals surface area contributed by atoms with Gasteiger partial charge in [-0.15, -0.1) is 0 Å². The average molecular weight is 238 g/mol. The zero-order chi connectivity index (χ0) is 11.5. The van der Waals surface area contributed by atoms with Gasteiger partial charge in [0, 0.05) is 6.42 Å². The molecule has 1 aromatic rings. The molecule has 1 aliphatic carbocycles. The fourth-order valence-corrected chi connectivity index (χ4v) is 3.45. The molecule has 0 saturated heterocycles. The molecular formula is C13H19O2P. The van der Waals surface area contributed by atoms with Crippen LogP contribution in [0, 0.1) is 5.92 Å². The van der Waals surface area contributed by atoms with E-state index in [-0.39, 0.29) is 13.7 Å². The molecule has 0 amide bonds. The van der Waals surface area contributed by atoms with E-state index >= 15 is 0 Å². The smallest absolute Gasteiger partial charge is 0.198 e. The van der Waals surface area contributed by atoms with E-state index in [1.165, 1.54) is 12.8 Å². The van der Waals surface area contributed by atoms with Gasteiger partial charge in [0.15, 0.2) is 11.5 Å². The molecule has 0 unspecified atom stereocenters. The first-order valence-corrected chi connectivity index (χ1v) is 7.83. The molecule has 88 valence electrons. The van der Waals surface area contributed by atoms with Gasteiger partial charge in [-0.3, -0.25) is 4.79 Å². The molecule has 0 spiro atoms. The molecular weight excluding hydrogens is 219 g/mol. The van der Waals surface area contributed by atoms with Crippen molar-refractivity contribution in [2.75, 3.05) is 12.3 Å². The van der Waals surface area contributed by atoms with E-state index in [0.717, 1.165) is 17.8 Å². The van der Waals surface area contributed by atoms with Crippen LogP contribution in [0.25, 0.3) is 0 Å². The highest BCUT2D eigenvalue weighted by molar-refractivity contribution is 7.65. The zero-order valence-corrected chi connectivity index (χ0v) is 10.9. The lowest BCUT2D eigenvalue weighted by molar-refractivity contribution is 0.0950. The van der Waals surface area contributed by atoms with E-state index in [1.807, 2.05) is 12.1 Å². The fourth-order valence-electron chi connectivity index (χ4n) is 1.87. The van der Waals surface area contributed by atoms with Crippen molar-refractivity contribution in [1.29, 1.82) is 0 Å². The van der Waals surface area contributed by atoms with Crippen LogP contribution < -0.4 is 5.50 Å². The van der Waals surface area contributed by atoms with Crippen LogP contribution in [0.5, 0.6) is 0 Å². The number of carbonyl (C=O) groups is 1. The van der Waals surface area contributed by atoms with Gasteiger partial charge in [-0.05, 0) is 51.1 Å². The summed E-state index contributed by atoms with van der Waals surface area (Å²) in [6.45, 7) is 4.37. The van der Waals surface area contributed by atoms with Crippen LogP contribution in [-0.2, 0) is 0 Å². The highest BCUT2D eigenvalue weighted by atomic mass is 31.1. The second kappa shape index (κ2) is 5.14. The molecule has 0 aromatic carbocycles. The second-order valence-corrected chi connectivity index (χ2v) is 7.17. The molecule has 0 bridgehead atoms. The summed E-state index contributed by atoms with van der Waals surface area (Å²) in [6, 6.07) is 3.86. The molecule has 2 nitrogen and oxygen atoms in total. The van der Waals surface area contributed by atoms with Crippen LogP contribution >= 0.6 is 7.92 Å². The maximum Gasteiger partial charge on any atom is 0.198 e. The second-order valence-electron chi connectivity index (χ2n) is 4.38. The highest BCUT2D eigenvalue weighted by Gasteiger charge is 2.26. The summed E-state index contributed by atoms with van der Waals surface area (Å²) in [6.07, 6.45) is 5.39. The van der Waals surface area contributed by atoms with E-state index in [0.29, 0.717) is 18.1 Å². The Labute approximate surface area is 98.2 Å². The zero-order valence-electron chi connectivity index (χ0n) is 10.0. The minimum absolute atomic E-state index is 0.179. The number of furan rings is 1. The molecule has 0 N–H and O–H groups in total. The standard InChI is InChI=1S/C13H19O2P/c1-3-16(4-2)13-8-7-12(15-13)11(14)9-10-5-6-10/h7-8,10H,3-6,9H2,1-2H3. The van der Waals surface area contributed by atoms with Gasteiger partial charge in [-0.1, -0.05) is 13.8 Å². The van der Waals surface area contributed by atoms with Crippen LogP contribution in [0.4, 0.5) is 0 Å². The van der Waals surface area contributed by atoms with Gasteiger partial charge in [-0.2, -0.15) is 0 Å². The molecule has 1 heterocycles. The third-order valence-electron chi connectivity index (χ3n) is 3.11. The van der Waals surface area contributed by atoms with Crippen LogP contribution in [0.3, 0.4) is 0 Å². The molecule has 0 radical (unpaired) electrons. The van der Waals surface area contributed by atoms with E-state index in [2.05, 4.69) is 13.8 Å². The topological polar surface area (TPSA) is 30.2 Å². The lowest BCUT2D eigenvalue weighted by Crippen LogP contribution is -2.02. The molecule has 0 atom stereocenters. The fraction of sp³-hybridized carbons (Fsp3) is 0.615. The summed E-state index contributed by atoms with van der Waals surface area (Å²) in [4.78, 5) is 11.8. The van der Waals surface area contributed by atoms with E-state index in [1.54, 1.807) is 0 Å². The Morgan fingerprint density at radius 3 is 2.62 bits per heavy atom. The van der Waals surface area contributed by atoms with Crippen molar-refractivity contribution in [1.82, 2.24) is 0 Å². The number of rotatable bonds is 6. The predicted molar refractivity (Wildman–Crippen MR) is 68.0 cm³/mol. The monoisotopic (exact) mass is 238 g/mol. The number of Topliss-reactive ketones (excluding diaryl/α,β-unsaturated/α-hetero) is 1. The highest BCUT2D eigenvalue weighted by Crippen LogP contribution is 2.35. The first-order chi connectivity index (χ1) is 7.74. The quantitative estimate of drug-likeness (QED) is 0.561. The Morgan fingerprint density at radius 1 is 1.38 bits per heavy atom. The summed E-state index contributed by atoms with van der Waals surface area (Å²) >= 11 is 0. The Morgan fingerprint density at radius 2 is 2.06 bits per heavy atom. The first kappa shape index (κ1) is 11.9. The van der Waals surface area contributed by atoms with Crippen LogP contribution in [0.15, 0.2) is 16.5 Å². The van der Waals surface area contributed by atoms with Gasteiger partial charge in [0.25, 0.3) is 0 Å².